The van der Waals surface area contributed by atoms with Crippen molar-refractivity contribution in [2.24, 2.45) is 5.73 Å². The minimum Gasteiger partial charge on any atom is -0.324 e. The van der Waals surface area contributed by atoms with Crippen LogP contribution < -0.4 is 5.73 Å². The van der Waals surface area contributed by atoms with Gasteiger partial charge in [-0.2, -0.15) is 0 Å². The van der Waals surface area contributed by atoms with Crippen LogP contribution in [0.5, 0.6) is 0 Å². The first kappa shape index (κ1) is 9.31. The summed E-state index contributed by atoms with van der Waals surface area (Å²) in [5.41, 5.74) is 8.25. The molecule has 1 aromatic carbocycles. The van der Waals surface area contributed by atoms with Crippen LogP contribution in [0.1, 0.15) is 42.3 Å². The Morgan fingerprint density at radius 1 is 1.47 bits per heavy atom. The van der Waals surface area contributed by atoms with Gasteiger partial charge in [-0.3, -0.25) is 0 Å². The maximum atomic E-state index is 5.95. The molecule has 1 saturated carbocycles. The number of para-hydroxylation sites is 1. The van der Waals surface area contributed by atoms with Gasteiger partial charge in [0.05, 0.1) is 15.2 Å². The number of benzene rings is 1. The van der Waals surface area contributed by atoms with Crippen molar-refractivity contribution < 1.29 is 0 Å². The Labute approximate surface area is 93.1 Å². The number of rotatable bonds is 2. The van der Waals surface area contributed by atoms with Gasteiger partial charge in [-0.15, -0.1) is 11.3 Å². The summed E-state index contributed by atoms with van der Waals surface area (Å²) in [6, 6.07) is 6.38. The molecular formula is C12H14N2S. The summed E-state index contributed by atoms with van der Waals surface area (Å²) in [6.45, 7) is 2.02. The zero-order chi connectivity index (χ0) is 10.4. The van der Waals surface area contributed by atoms with Gasteiger partial charge in [-0.25, -0.2) is 4.98 Å². The highest BCUT2D eigenvalue weighted by Gasteiger charge is 2.27. The molecule has 3 rings (SSSR count). The van der Waals surface area contributed by atoms with Crippen LogP contribution in [0.2, 0.25) is 0 Å². The van der Waals surface area contributed by atoms with Crippen molar-refractivity contribution in [3.05, 3.63) is 28.8 Å². The highest BCUT2D eigenvalue weighted by atomic mass is 32.1. The molecule has 15 heavy (non-hydrogen) atoms. The van der Waals surface area contributed by atoms with E-state index in [0.717, 1.165) is 11.4 Å². The van der Waals surface area contributed by atoms with Crippen molar-refractivity contribution in [2.45, 2.75) is 31.7 Å². The van der Waals surface area contributed by atoms with E-state index in [2.05, 4.69) is 18.2 Å². The van der Waals surface area contributed by atoms with E-state index in [9.17, 15) is 0 Å². The molecule has 1 atom stereocenters. The molecule has 0 saturated heterocycles. The third-order valence-electron chi connectivity index (χ3n) is 2.88. The average molecular weight is 218 g/mol. The summed E-state index contributed by atoms with van der Waals surface area (Å²) in [5.74, 6) is 0.739. The van der Waals surface area contributed by atoms with Crippen LogP contribution in [-0.4, -0.2) is 4.98 Å². The molecule has 1 fully saturated rings. The minimum atomic E-state index is 0.0721. The monoisotopic (exact) mass is 218 g/mol. The largest absolute Gasteiger partial charge is 0.324 e. The van der Waals surface area contributed by atoms with Gasteiger partial charge in [0.15, 0.2) is 0 Å². The van der Waals surface area contributed by atoms with Gasteiger partial charge in [-0.05, 0) is 31.4 Å². The summed E-state index contributed by atoms with van der Waals surface area (Å²) in [6.07, 6.45) is 2.63. The predicted octanol–water partition coefficient (Wildman–Crippen LogP) is 3.19. The number of fused-ring (bicyclic) bond motifs is 1. The molecule has 2 nitrogen and oxygen atoms in total. The van der Waals surface area contributed by atoms with E-state index in [1.54, 1.807) is 0 Å². The molecule has 2 aromatic rings. The second-order valence-electron chi connectivity index (χ2n) is 4.31. The Hall–Kier alpha value is -0.930. The smallest absolute Gasteiger partial charge is 0.0969 e. The van der Waals surface area contributed by atoms with Crippen LogP contribution in [0.3, 0.4) is 0 Å². The van der Waals surface area contributed by atoms with Crippen LogP contribution in [0.25, 0.3) is 10.2 Å². The molecule has 1 heterocycles. The molecular weight excluding hydrogens is 204 g/mol. The number of nitrogens with two attached hydrogens (primary N) is 1. The zero-order valence-corrected chi connectivity index (χ0v) is 9.55. The average Bonchev–Trinajstić information content (AvgIpc) is 2.96. The first-order valence-corrected chi connectivity index (χ1v) is 6.22. The molecule has 0 bridgehead atoms. The maximum absolute atomic E-state index is 5.95. The van der Waals surface area contributed by atoms with Crippen molar-refractivity contribution in [1.29, 1.82) is 0 Å². The molecule has 0 amide bonds. The van der Waals surface area contributed by atoms with Crippen LogP contribution in [0, 0.1) is 0 Å². The van der Waals surface area contributed by atoms with Crippen LogP contribution in [0.4, 0.5) is 0 Å². The van der Waals surface area contributed by atoms with Crippen LogP contribution in [-0.2, 0) is 0 Å². The fourth-order valence-electron chi connectivity index (χ4n) is 1.86. The van der Waals surface area contributed by atoms with Crippen molar-refractivity contribution in [3.8, 4) is 0 Å². The number of nitrogens with zero attached hydrogens (tertiary/aromatic N) is 1. The fourth-order valence-corrected chi connectivity index (χ4v) is 3.03. The SMILES string of the molecule is CC(N)c1cccc2sc(C3CC3)nc12. The lowest BCUT2D eigenvalue weighted by molar-refractivity contribution is 0.824. The van der Waals surface area contributed by atoms with Gasteiger partial charge in [0.2, 0.25) is 0 Å². The van der Waals surface area contributed by atoms with Crippen molar-refractivity contribution >= 4 is 21.6 Å². The highest BCUT2D eigenvalue weighted by Crippen LogP contribution is 2.43. The van der Waals surface area contributed by atoms with E-state index in [4.69, 9.17) is 10.7 Å². The van der Waals surface area contributed by atoms with E-state index in [-0.39, 0.29) is 6.04 Å². The summed E-state index contributed by atoms with van der Waals surface area (Å²) < 4.78 is 1.28. The van der Waals surface area contributed by atoms with Gasteiger partial charge in [-0.1, -0.05) is 12.1 Å². The number of aromatic nitrogens is 1. The lowest BCUT2D eigenvalue weighted by atomic mass is 10.1. The summed E-state index contributed by atoms with van der Waals surface area (Å²) in [4.78, 5) is 4.73. The molecule has 1 aliphatic rings. The summed E-state index contributed by atoms with van der Waals surface area (Å²) >= 11 is 1.83. The van der Waals surface area contributed by atoms with Crippen LogP contribution in [0.15, 0.2) is 18.2 Å². The van der Waals surface area contributed by atoms with Gasteiger partial charge in [0.1, 0.15) is 0 Å². The Morgan fingerprint density at radius 2 is 2.27 bits per heavy atom. The third-order valence-corrected chi connectivity index (χ3v) is 4.07. The van der Waals surface area contributed by atoms with E-state index in [1.165, 1.54) is 28.1 Å². The number of hydrogen-bond donors (Lipinski definition) is 1. The molecule has 2 N–H and O–H groups in total. The summed E-state index contributed by atoms with van der Waals surface area (Å²) in [7, 11) is 0. The molecule has 78 valence electrons. The topological polar surface area (TPSA) is 38.9 Å². The fraction of sp³-hybridized carbons (Fsp3) is 0.417. The van der Waals surface area contributed by atoms with Crippen molar-refractivity contribution in [1.82, 2.24) is 4.98 Å². The lowest BCUT2D eigenvalue weighted by Crippen LogP contribution is -2.05. The Morgan fingerprint density at radius 3 is 2.93 bits per heavy atom. The third kappa shape index (κ3) is 1.56. The Bertz CT molecular complexity index is 497. The van der Waals surface area contributed by atoms with Gasteiger partial charge >= 0.3 is 0 Å². The second kappa shape index (κ2) is 3.29. The molecule has 1 unspecified atom stereocenters. The molecule has 1 aliphatic carbocycles. The zero-order valence-electron chi connectivity index (χ0n) is 8.73. The molecule has 0 radical (unpaired) electrons. The molecule has 1 aromatic heterocycles. The summed E-state index contributed by atoms with van der Waals surface area (Å²) in [5, 5.41) is 1.30. The standard InChI is InChI=1S/C12H14N2S/c1-7(13)9-3-2-4-10-11(9)14-12(15-10)8-5-6-8/h2-4,7-8H,5-6,13H2,1H3. The second-order valence-corrected chi connectivity index (χ2v) is 5.37. The normalized spacial score (nSPS) is 18.3. The number of hydrogen-bond acceptors (Lipinski definition) is 3. The Kier molecular flexibility index (Phi) is 2.04. The highest BCUT2D eigenvalue weighted by molar-refractivity contribution is 7.18. The van der Waals surface area contributed by atoms with Gasteiger partial charge in [0.25, 0.3) is 0 Å². The molecule has 0 spiro atoms. The minimum absolute atomic E-state index is 0.0721. The number of thiazole rings is 1. The van der Waals surface area contributed by atoms with Gasteiger partial charge in [0, 0.05) is 12.0 Å². The van der Waals surface area contributed by atoms with E-state index in [0.29, 0.717) is 0 Å². The van der Waals surface area contributed by atoms with E-state index in [1.807, 2.05) is 18.3 Å². The van der Waals surface area contributed by atoms with Crippen molar-refractivity contribution in [2.75, 3.05) is 0 Å². The van der Waals surface area contributed by atoms with Crippen molar-refractivity contribution in [3.63, 3.8) is 0 Å². The first-order chi connectivity index (χ1) is 7.25. The molecule has 0 aliphatic heterocycles. The van der Waals surface area contributed by atoms with E-state index < -0.39 is 0 Å². The quantitative estimate of drug-likeness (QED) is 0.840. The maximum Gasteiger partial charge on any atom is 0.0969 e. The lowest BCUT2D eigenvalue weighted by Gasteiger charge is -2.04. The first-order valence-electron chi connectivity index (χ1n) is 5.40. The predicted molar refractivity (Wildman–Crippen MR) is 64.2 cm³/mol. The Balaban J connectivity index is 2.19. The van der Waals surface area contributed by atoms with Crippen LogP contribution >= 0.6 is 11.3 Å². The molecule has 3 heteroatoms. The van der Waals surface area contributed by atoms with Gasteiger partial charge < -0.3 is 5.73 Å². The van der Waals surface area contributed by atoms with E-state index >= 15 is 0 Å².